The second-order valence-electron chi connectivity index (χ2n) is 9.88. The van der Waals surface area contributed by atoms with E-state index in [-0.39, 0.29) is 40.4 Å². The molecule has 2 amide bonds. The average Bonchev–Trinajstić information content (AvgIpc) is 2.86. The van der Waals surface area contributed by atoms with Crippen LogP contribution in [0.3, 0.4) is 0 Å². The Morgan fingerprint density at radius 3 is 1.94 bits per heavy atom. The number of aryl methyl sites for hydroxylation is 1. The molecule has 0 bridgehead atoms. The van der Waals surface area contributed by atoms with Gasteiger partial charge < -0.3 is 14.5 Å². The first-order valence-corrected chi connectivity index (χ1v) is 13.8. The third-order valence-electron chi connectivity index (χ3n) is 7.04. The van der Waals surface area contributed by atoms with Crippen LogP contribution in [0.15, 0.2) is 29.2 Å². The highest BCUT2D eigenvalue weighted by Gasteiger charge is 2.37. The second-order valence-corrected chi connectivity index (χ2v) is 11.6. The smallest absolute Gasteiger partial charge is 0.308 e. The van der Waals surface area contributed by atoms with Gasteiger partial charge in [-0.25, -0.2) is 8.42 Å². The lowest BCUT2D eigenvalue weighted by molar-refractivity contribution is -0.150. The maximum absolute atomic E-state index is 13.3. The molecule has 0 aromatic heterocycles. The molecule has 1 N–H and O–H groups in total. The van der Waals surface area contributed by atoms with Crippen molar-refractivity contribution in [2.45, 2.75) is 57.4 Å². The van der Waals surface area contributed by atoms with Gasteiger partial charge in [-0.15, -0.1) is 0 Å². The van der Waals surface area contributed by atoms with Crippen LogP contribution in [0.4, 0.5) is 0 Å². The summed E-state index contributed by atoms with van der Waals surface area (Å²) in [4.78, 5) is 41.6. The normalized spacial score (nSPS) is 19.0. The third-order valence-corrected chi connectivity index (χ3v) is 8.50. The molecule has 2 fully saturated rings. The van der Waals surface area contributed by atoms with E-state index in [1.54, 1.807) is 17.0 Å². The number of carbonyl (C=O) groups excluding carboxylic acids is 3. The zero-order valence-corrected chi connectivity index (χ0v) is 21.8. The average molecular weight is 508 g/mol. The summed E-state index contributed by atoms with van der Waals surface area (Å²) in [6.45, 7) is 7.39. The lowest BCUT2D eigenvalue weighted by atomic mass is 9.91. The number of methoxy groups -OCH3 is 1. The number of piperidine rings is 2. The Morgan fingerprint density at radius 1 is 0.914 bits per heavy atom. The molecule has 1 aromatic carbocycles. The fourth-order valence-electron chi connectivity index (χ4n) is 4.73. The zero-order valence-electron chi connectivity index (χ0n) is 21.0. The number of nitrogens with zero attached hydrogens (tertiary/aromatic N) is 2. The van der Waals surface area contributed by atoms with E-state index in [0.29, 0.717) is 51.9 Å². The third kappa shape index (κ3) is 6.61. The highest BCUT2D eigenvalue weighted by atomic mass is 32.2. The van der Waals surface area contributed by atoms with E-state index in [1.165, 1.54) is 19.2 Å². The van der Waals surface area contributed by atoms with E-state index in [1.807, 2.05) is 25.7 Å². The van der Waals surface area contributed by atoms with Crippen molar-refractivity contribution in [3.63, 3.8) is 0 Å². The Bertz CT molecular complexity index is 1010. The Kier molecular flexibility index (Phi) is 8.93. The van der Waals surface area contributed by atoms with E-state index in [0.717, 1.165) is 5.56 Å². The largest absolute Gasteiger partial charge is 0.469 e. The molecule has 0 spiro atoms. The lowest BCUT2D eigenvalue weighted by Gasteiger charge is -2.38. The molecule has 9 nitrogen and oxygen atoms in total. The number of nitrogens with one attached hydrogen (secondary N) is 1. The zero-order chi connectivity index (χ0) is 25.8. The highest BCUT2D eigenvalue weighted by molar-refractivity contribution is 7.89. The van der Waals surface area contributed by atoms with Gasteiger partial charge in [-0.3, -0.25) is 14.4 Å². The summed E-state index contributed by atoms with van der Waals surface area (Å²) in [7, 11) is -2.47. The number of hydrogen-bond donors (Lipinski definition) is 1. The second kappa shape index (κ2) is 11.5. The van der Waals surface area contributed by atoms with Crippen molar-refractivity contribution in [3.05, 3.63) is 29.8 Å². The molecule has 2 aliphatic heterocycles. The van der Waals surface area contributed by atoms with Gasteiger partial charge in [0.25, 0.3) is 0 Å². The van der Waals surface area contributed by atoms with Crippen LogP contribution >= 0.6 is 0 Å². The van der Waals surface area contributed by atoms with Crippen LogP contribution in [0.1, 0.15) is 45.1 Å². The highest BCUT2D eigenvalue weighted by Crippen LogP contribution is 2.25. The molecule has 0 radical (unpaired) electrons. The molecule has 0 unspecified atom stereocenters. The van der Waals surface area contributed by atoms with Crippen molar-refractivity contribution in [1.82, 2.24) is 14.5 Å². The number of esters is 1. The molecule has 2 saturated heterocycles. The standard InChI is InChI=1S/C25H37N3O6S/c1-17(2)22(26-35(32,33)21-7-5-18(3)6-8-21)24(30)28-13-9-19(10-14-28)23(29)27-15-11-20(12-16-27)25(31)34-4/h5-8,17,19-20,22,26H,9-16H2,1-4H3/t22-/m0/s1. The predicted molar refractivity (Wildman–Crippen MR) is 131 cm³/mol. The number of carbonyl (C=O) groups is 3. The van der Waals surface area contributed by atoms with Crippen LogP contribution in [0, 0.1) is 24.7 Å². The van der Waals surface area contributed by atoms with Crippen LogP contribution in [-0.4, -0.2) is 75.3 Å². The Morgan fingerprint density at radius 2 is 1.43 bits per heavy atom. The maximum atomic E-state index is 13.3. The molecule has 10 heteroatoms. The lowest BCUT2D eigenvalue weighted by Crippen LogP contribution is -2.54. The fourth-order valence-corrected chi connectivity index (χ4v) is 6.07. The maximum Gasteiger partial charge on any atom is 0.308 e. The van der Waals surface area contributed by atoms with Gasteiger partial charge in [0.15, 0.2) is 0 Å². The SMILES string of the molecule is COC(=O)C1CCN(C(=O)C2CCN(C(=O)[C@@H](NS(=O)(=O)c3ccc(C)cc3)C(C)C)CC2)CC1. The molecule has 0 saturated carbocycles. The summed E-state index contributed by atoms with van der Waals surface area (Å²) in [5.74, 6) is -0.975. The van der Waals surface area contributed by atoms with E-state index < -0.39 is 16.1 Å². The van der Waals surface area contributed by atoms with Gasteiger partial charge in [-0.2, -0.15) is 4.72 Å². The molecular formula is C25H37N3O6S. The number of benzene rings is 1. The van der Waals surface area contributed by atoms with Gasteiger partial charge in [0.1, 0.15) is 6.04 Å². The number of sulfonamides is 1. The quantitative estimate of drug-likeness (QED) is 0.565. The van der Waals surface area contributed by atoms with Crippen molar-refractivity contribution >= 4 is 27.8 Å². The Balaban J connectivity index is 1.56. The van der Waals surface area contributed by atoms with E-state index >= 15 is 0 Å². The number of hydrogen-bond acceptors (Lipinski definition) is 6. The van der Waals surface area contributed by atoms with Crippen LogP contribution in [-0.2, 0) is 29.1 Å². The fraction of sp³-hybridized carbons (Fsp3) is 0.640. The van der Waals surface area contributed by atoms with Crippen LogP contribution in [0.5, 0.6) is 0 Å². The first kappa shape index (κ1) is 27.1. The van der Waals surface area contributed by atoms with E-state index in [4.69, 9.17) is 4.74 Å². The Labute approximate surface area is 208 Å². The van der Waals surface area contributed by atoms with Crippen molar-refractivity contribution < 1.29 is 27.5 Å². The number of amides is 2. The first-order chi connectivity index (χ1) is 16.5. The van der Waals surface area contributed by atoms with E-state index in [9.17, 15) is 22.8 Å². The summed E-state index contributed by atoms with van der Waals surface area (Å²) in [6, 6.07) is 5.63. The summed E-state index contributed by atoms with van der Waals surface area (Å²) in [5, 5.41) is 0. The summed E-state index contributed by atoms with van der Waals surface area (Å²) in [5.41, 5.74) is 0.950. The van der Waals surface area contributed by atoms with Crippen molar-refractivity contribution in [3.8, 4) is 0 Å². The molecule has 1 atom stereocenters. The van der Waals surface area contributed by atoms with Crippen LogP contribution < -0.4 is 4.72 Å². The molecule has 1 aromatic rings. The first-order valence-electron chi connectivity index (χ1n) is 12.3. The molecule has 0 aliphatic carbocycles. The van der Waals surface area contributed by atoms with Crippen LogP contribution in [0.2, 0.25) is 0 Å². The minimum absolute atomic E-state index is 0.0703. The van der Waals surface area contributed by atoms with Crippen LogP contribution in [0.25, 0.3) is 0 Å². The Hall–Kier alpha value is -2.46. The molecule has 35 heavy (non-hydrogen) atoms. The van der Waals surface area contributed by atoms with Gasteiger partial charge in [0, 0.05) is 32.1 Å². The number of rotatable bonds is 7. The van der Waals surface area contributed by atoms with E-state index in [2.05, 4.69) is 4.72 Å². The molecular weight excluding hydrogens is 470 g/mol. The summed E-state index contributed by atoms with van der Waals surface area (Å²) in [6.07, 6.45) is 2.29. The van der Waals surface area contributed by atoms with Gasteiger partial charge in [0.2, 0.25) is 21.8 Å². The molecule has 3 rings (SSSR count). The molecule has 2 heterocycles. The van der Waals surface area contributed by atoms with Crippen molar-refractivity contribution in [2.75, 3.05) is 33.3 Å². The number of ether oxygens (including phenoxy) is 1. The summed E-state index contributed by atoms with van der Waals surface area (Å²) < 4.78 is 33.2. The van der Waals surface area contributed by atoms with Gasteiger partial charge >= 0.3 is 5.97 Å². The predicted octanol–water partition coefficient (Wildman–Crippen LogP) is 1.95. The molecule has 194 valence electrons. The van der Waals surface area contributed by atoms with Gasteiger partial charge in [-0.1, -0.05) is 31.5 Å². The minimum Gasteiger partial charge on any atom is -0.469 e. The molecule has 2 aliphatic rings. The van der Waals surface area contributed by atoms with Gasteiger partial charge in [-0.05, 0) is 50.7 Å². The van der Waals surface area contributed by atoms with Crippen molar-refractivity contribution in [1.29, 1.82) is 0 Å². The minimum atomic E-state index is -3.85. The topological polar surface area (TPSA) is 113 Å². The van der Waals surface area contributed by atoms with Gasteiger partial charge in [0.05, 0.1) is 17.9 Å². The number of likely N-dealkylation sites (tertiary alicyclic amines) is 2. The van der Waals surface area contributed by atoms with Crippen molar-refractivity contribution in [2.24, 2.45) is 17.8 Å². The monoisotopic (exact) mass is 507 g/mol. The summed E-state index contributed by atoms with van der Waals surface area (Å²) >= 11 is 0.